The van der Waals surface area contributed by atoms with Gasteiger partial charge >= 0.3 is 6.03 Å². The van der Waals surface area contributed by atoms with E-state index in [2.05, 4.69) is 65.4 Å². The first kappa shape index (κ1) is 24.8. The Morgan fingerprint density at radius 3 is 2.69 bits per heavy atom. The highest BCUT2D eigenvalue weighted by atomic mass is 32.1. The normalized spacial score (nSPS) is 15.0. The molecule has 1 atom stereocenters. The van der Waals surface area contributed by atoms with Crippen LogP contribution in [0.2, 0.25) is 0 Å². The molecule has 2 aromatic heterocycles. The molecule has 1 unspecified atom stereocenters. The van der Waals surface area contributed by atoms with E-state index in [4.69, 9.17) is 4.74 Å². The van der Waals surface area contributed by atoms with Gasteiger partial charge in [-0.25, -0.2) is 4.79 Å². The van der Waals surface area contributed by atoms with E-state index in [-0.39, 0.29) is 12.1 Å². The van der Waals surface area contributed by atoms with Gasteiger partial charge in [-0.15, -0.1) is 11.3 Å². The van der Waals surface area contributed by atoms with E-state index in [9.17, 15) is 4.79 Å². The van der Waals surface area contributed by atoms with Gasteiger partial charge in [0.2, 0.25) is 0 Å². The zero-order valence-corrected chi connectivity index (χ0v) is 21.0. The van der Waals surface area contributed by atoms with Crippen LogP contribution in [0.3, 0.4) is 0 Å². The van der Waals surface area contributed by atoms with Crippen molar-refractivity contribution in [3.05, 3.63) is 40.5 Å². The summed E-state index contributed by atoms with van der Waals surface area (Å²) in [6, 6.07) is 4.07. The summed E-state index contributed by atoms with van der Waals surface area (Å²) >= 11 is 1.89. The van der Waals surface area contributed by atoms with Gasteiger partial charge in [0.15, 0.2) is 0 Å². The number of nitrogens with zero attached hydrogens (tertiary/aromatic N) is 2. The van der Waals surface area contributed by atoms with Gasteiger partial charge in [0.1, 0.15) is 5.00 Å². The number of carbonyl (C=O) groups excluding carboxylic acids is 1. The minimum atomic E-state index is -0.0837. The summed E-state index contributed by atoms with van der Waals surface area (Å²) in [5, 5.41) is 7.62. The monoisotopic (exact) mass is 460 g/mol. The molecule has 2 amide bonds. The van der Waals surface area contributed by atoms with Gasteiger partial charge in [0.25, 0.3) is 0 Å². The Morgan fingerprint density at radius 1 is 1.22 bits per heavy atom. The molecule has 6 nitrogen and oxygen atoms in total. The molecule has 0 saturated carbocycles. The van der Waals surface area contributed by atoms with Crippen molar-refractivity contribution in [1.29, 1.82) is 0 Å². The summed E-state index contributed by atoms with van der Waals surface area (Å²) in [6.07, 6.45) is 8.13. The van der Waals surface area contributed by atoms with E-state index < -0.39 is 0 Å². The summed E-state index contributed by atoms with van der Waals surface area (Å²) in [5.41, 5.74) is 2.77. The molecule has 0 spiro atoms. The number of carbonyl (C=O) groups is 1. The summed E-state index contributed by atoms with van der Waals surface area (Å²) in [4.78, 5) is 16.8. The van der Waals surface area contributed by atoms with E-state index in [1.54, 1.807) is 0 Å². The highest BCUT2D eigenvalue weighted by Gasteiger charge is 2.29. The van der Waals surface area contributed by atoms with E-state index in [0.717, 1.165) is 45.3 Å². The first-order valence-electron chi connectivity index (χ1n) is 12.2. The standard InChI is InChI=1S/C25H40N4O2S/c1-5-28-16-12-20-22(18-28)32-24(29-14-7-8-15-29)23(20)21(11-10-19(3)4)27-25(30)26-13-9-17-31-6-2/h7-8,14-15,19,21H,5-6,9-13,16-18H2,1-4H3,(H2,26,27,30). The maximum atomic E-state index is 12.8. The molecule has 1 aliphatic rings. The molecule has 2 aromatic rings. The highest BCUT2D eigenvalue weighted by Crippen LogP contribution is 2.40. The first-order chi connectivity index (χ1) is 15.5. The Morgan fingerprint density at radius 2 is 2.00 bits per heavy atom. The van der Waals surface area contributed by atoms with Gasteiger partial charge in [0, 0.05) is 55.7 Å². The van der Waals surface area contributed by atoms with Crippen molar-refractivity contribution < 1.29 is 9.53 Å². The number of hydrogen-bond donors (Lipinski definition) is 2. The number of nitrogens with one attached hydrogen (secondary N) is 2. The zero-order valence-electron chi connectivity index (χ0n) is 20.2. The third-order valence-corrected chi connectivity index (χ3v) is 7.33. The minimum Gasteiger partial charge on any atom is -0.382 e. The highest BCUT2D eigenvalue weighted by molar-refractivity contribution is 7.15. The lowest BCUT2D eigenvalue weighted by atomic mass is 9.92. The van der Waals surface area contributed by atoms with Gasteiger partial charge < -0.3 is 19.9 Å². The summed E-state index contributed by atoms with van der Waals surface area (Å²) < 4.78 is 7.60. The average molecular weight is 461 g/mol. The lowest BCUT2D eigenvalue weighted by Gasteiger charge is -2.28. The molecule has 1 aliphatic heterocycles. The van der Waals surface area contributed by atoms with Crippen molar-refractivity contribution in [3.63, 3.8) is 0 Å². The van der Waals surface area contributed by atoms with E-state index in [0.29, 0.717) is 25.7 Å². The second kappa shape index (κ2) is 12.4. The minimum absolute atomic E-state index is 0.00914. The maximum Gasteiger partial charge on any atom is 0.315 e. The molecule has 0 radical (unpaired) electrons. The van der Waals surface area contributed by atoms with Gasteiger partial charge in [-0.1, -0.05) is 20.8 Å². The second-order valence-electron chi connectivity index (χ2n) is 8.91. The molecule has 32 heavy (non-hydrogen) atoms. The smallest absolute Gasteiger partial charge is 0.315 e. The van der Waals surface area contributed by atoms with Crippen LogP contribution in [0.15, 0.2) is 24.5 Å². The topological polar surface area (TPSA) is 58.5 Å². The van der Waals surface area contributed by atoms with Crippen LogP contribution in [0, 0.1) is 5.92 Å². The molecule has 0 fully saturated rings. The fraction of sp³-hybridized carbons (Fsp3) is 0.640. The molecule has 0 aliphatic carbocycles. The Balaban J connectivity index is 1.84. The zero-order chi connectivity index (χ0) is 22.9. The van der Waals surface area contributed by atoms with Crippen molar-refractivity contribution in [3.8, 4) is 5.00 Å². The lowest BCUT2D eigenvalue weighted by Crippen LogP contribution is -2.39. The van der Waals surface area contributed by atoms with Crippen LogP contribution in [0.1, 0.15) is 69.0 Å². The number of thiophene rings is 1. The number of urea groups is 1. The number of fused-ring (bicyclic) bond motifs is 1. The van der Waals surface area contributed by atoms with Crippen molar-refractivity contribution in [2.75, 3.05) is 32.8 Å². The Bertz CT molecular complexity index is 831. The lowest BCUT2D eigenvalue weighted by molar-refractivity contribution is 0.145. The van der Waals surface area contributed by atoms with Gasteiger partial charge in [-0.3, -0.25) is 4.90 Å². The van der Waals surface area contributed by atoms with Crippen molar-refractivity contribution in [1.82, 2.24) is 20.1 Å². The van der Waals surface area contributed by atoms with Gasteiger partial charge in [0.05, 0.1) is 6.04 Å². The molecular formula is C25H40N4O2S. The van der Waals surface area contributed by atoms with Crippen LogP contribution in [0.5, 0.6) is 0 Å². The third-order valence-electron chi connectivity index (χ3n) is 6.09. The molecule has 3 heterocycles. The Labute approximate surface area is 197 Å². The van der Waals surface area contributed by atoms with Gasteiger partial charge in [-0.2, -0.15) is 0 Å². The molecule has 0 bridgehead atoms. The van der Waals surface area contributed by atoms with Crippen molar-refractivity contribution in [2.45, 2.75) is 66.0 Å². The number of ether oxygens (including phenoxy) is 1. The number of rotatable bonds is 12. The van der Waals surface area contributed by atoms with Gasteiger partial charge in [-0.05, 0) is 62.8 Å². The molecule has 2 N–H and O–H groups in total. The number of hydrogen-bond acceptors (Lipinski definition) is 4. The quantitative estimate of drug-likeness (QED) is 0.432. The molecule has 7 heteroatoms. The van der Waals surface area contributed by atoms with Crippen LogP contribution < -0.4 is 10.6 Å². The number of likely N-dealkylation sites (N-methyl/N-ethyl adjacent to an activating group) is 1. The van der Waals surface area contributed by atoms with Crippen LogP contribution in [0.25, 0.3) is 5.00 Å². The molecule has 0 aromatic carbocycles. The van der Waals surface area contributed by atoms with Crippen LogP contribution in [0.4, 0.5) is 4.79 Å². The summed E-state index contributed by atoms with van der Waals surface area (Å²) in [7, 11) is 0. The molecule has 0 saturated heterocycles. The van der Waals surface area contributed by atoms with Crippen molar-refractivity contribution in [2.24, 2.45) is 5.92 Å². The molecular weight excluding hydrogens is 420 g/mol. The predicted molar refractivity (Wildman–Crippen MR) is 133 cm³/mol. The van der Waals surface area contributed by atoms with E-state index in [1.165, 1.54) is 21.0 Å². The van der Waals surface area contributed by atoms with E-state index in [1.807, 2.05) is 18.3 Å². The molecule has 178 valence electrons. The van der Waals surface area contributed by atoms with Crippen LogP contribution >= 0.6 is 11.3 Å². The van der Waals surface area contributed by atoms with Crippen molar-refractivity contribution >= 4 is 17.4 Å². The summed E-state index contributed by atoms with van der Waals surface area (Å²) in [5.74, 6) is 0.591. The largest absolute Gasteiger partial charge is 0.382 e. The van der Waals surface area contributed by atoms with E-state index >= 15 is 0 Å². The fourth-order valence-corrected chi connectivity index (χ4v) is 5.69. The molecule has 3 rings (SSSR count). The summed E-state index contributed by atoms with van der Waals surface area (Å²) in [6.45, 7) is 13.9. The maximum absolute atomic E-state index is 12.8. The second-order valence-corrected chi connectivity index (χ2v) is 9.99. The SMILES string of the molecule is CCOCCCNC(=O)NC(CCC(C)C)c1c(-n2cccc2)sc2c1CCN(CC)C2. The first-order valence-corrected chi connectivity index (χ1v) is 13.0. The third kappa shape index (κ3) is 6.59. The number of aromatic nitrogens is 1. The average Bonchev–Trinajstić information content (AvgIpc) is 3.43. The fourth-order valence-electron chi connectivity index (χ4n) is 4.28. The number of amides is 2. The predicted octanol–water partition coefficient (Wildman–Crippen LogP) is 5.12. The Kier molecular flexibility index (Phi) is 9.63. The Hall–Kier alpha value is -1.83. The van der Waals surface area contributed by atoms with Crippen LogP contribution in [-0.2, 0) is 17.7 Å². The van der Waals surface area contributed by atoms with Crippen LogP contribution in [-0.4, -0.2) is 48.3 Å².